The van der Waals surface area contributed by atoms with Gasteiger partial charge in [0.15, 0.2) is 0 Å². The molecule has 0 atom stereocenters. The molecule has 4 rings (SSSR count). The van der Waals surface area contributed by atoms with Crippen LogP contribution in [-0.2, 0) is 12.8 Å². The summed E-state index contributed by atoms with van der Waals surface area (Å²) in [6, 6.07) is 17.4. The van der Waals surface area contributed by atoms with Crippen LogP contribution in [-0.4, -0.2) is 19.6 Å². The first kappa shape index (κ1) is 18.4. The molecule has 0 aliphatic rings. The maximum atomic E-state index is 12.9. The number of fused-ring (bicyclic) bond motifs is 1. The Morgan fingerprint density at radius 3 is 2.55 bits per heavy atom. The third-order valence-electron chi connectivity index (χ3n) is 4.93. The van der Waals surface area contributed by atoms with Crippen LogP contribution in [0.15, 0.2) is 58.1 Å². The first-order valence-electron chi connectivity index (χ1n) is 9.42. The summed E-state index contributed by atoms with van der Waals surface area (Å²) >= 11 is 0. The van der Waals surface area contributed by atoms with E-state index < -0.39 is 5.69 Å². The first-order chi connectivity index (χ1) is 14.1. The molecular weight excluding hydrogens is 366 g/mol. The van der Waals surface area contributed by atoms with Gasteiger partial charge in [-0.05, 0) is 29.2 Å². The minimum Gasteiger partial charge on any atom is -0.268 e. The summed E-state index contributed by atoms with van der Waals surface area (Å²) < 4.78 is 1.03. The normalized spacial score (nSPS) is 10.9. The fourth-order valence-electron chi connectivity index (χ4n) is 3.50. The van der Waals surface area contributed by atoms with Crippen molar-refractivity contribution in [2.24, 2.45) is 0 Å². The van der Waals surface area contributed by atoms with E-state index in [1.54, 1.807) is 6.07 Å². The number of hydrogen-bond acceptors (Lipinski definition) is 4. The number of nitrogens with zero attached hydrogens (tertiary/aromatic N) is 3. The number of hydrogen-bond donors (Lipinski definition) is 2. The summed E-state index contributed by atoms with van der Waals surface area (Å²) in [6.07, 6.45) is 1.88. The van der Waals surface area contributed by atoms with Gasteiger partial charge in [-0.15, -0.1) is 0 Å². The highest BCUT2D eigenvalue weighted by Crippen LogP contribution is 2.24. The molecule has 0 aliphatic carbocycles. The summed E-state index contributed by atoms with van der Waals surface area (Å²) in [7, 11) is 0. The van der Waals surface area contributed by atoms with Crippen LogP contribution in [0.5, 0.6) is 0 Å². The Bertz CT molecular complexity index is 1340. The number of H-pyrrole nitrogens is 2. The minimum absolute atomic E-state index is 0.232. The molecule has 0 spiro atoms. The molecule has 0 fully saturated rings. The van der Waals surface area contributed by atoms with E-state index in [-0.39, 0.29) is 11.3 Å². The van der Waals surface area contributed by atoms with Crippen LogP contribution < -0.4 is 11.2 Å². The van der Waals surface area contributed by atoms with Gasteiger partial charge in [-0.2, -0.15) is 9.66 Å². The molecule has 0 unspecified atom stereocenters. The Morgan fingerprint density at radius 2 is 1.83 bits per heavy atom. The monoisotopic (exact) mass is 385 g/mol. The van der Waals surface area contributed by atoms with Crippen molar-refractivity contribution in [2.75, 3.05) is 0 Å². The number of nitrogens with one attached hydrogen (secondary N) is 2. The van der Waals surface area contributed by atoms with Crippen molar-refractivity contribution >= 4 is 5.78 Å². The Balaban J connectivity index is 1.74. The van der Waals surface area contributed by atoms with Gasteiger partial charge in [0.05, 0.1) is 17.3 Å². The smallest absolute Gasteiger partial charge is 0.268 e. The average molecular weight is 385 g/mol. The molecule has 2 heterocycles. The van der Waals surface area contributed by atoms with Crippen LogP contribution in [0, 0.1) is 11.3 Å². The van der Waals surface area contributed by atoms with Crippen molar-refractivity contribution in [3.63, 3.8) is 0 Å². The molecule has 0 radical (unpaired) electrons. The predicted octanol–water partition coefficient (Wildman–Crippen LogP) is 2.79. The minimum atomic E-state index is -0.523. The molecule has 0 aliphatic heterocycles. The Labute approximate surface area is 166 Å². The van der Waals surface area contributed by atoms with E-state index in [2.05, 4.69) is 21.3 Å². The van der Waals surface area contributed by atoms with Crippen LogP contribution >= 0.6 is 0 Å². The van der Waals surface area contributed by atoms with Gasteiger partial charge in [-0.1, -0.05) is 55.8 Å². The SMILES string of the molecule is CCCc1nc2[nH][nH]c(=O)n2c(=O)c1Cc1ccc(-c2ccccc2C#N)cc1. The summed E-state index contributed by atoms with van der Waals surface area (Å²) in [6.45, 7) is 2.02. The van der Waals surface area contributed by atoms with Crippen molar-refractivity contribution in [1.29, 1.82) is 5.26 Å². The molecule has 2 N–H and O–H groups in total. The lowest BCUT2D eigenvalue weighted by Crippen LogP contribution is -2.29. The Kier molecular flexibility index (Phi) is 4.83. The highest BCUT2D eigenvalue weighted by molar-refractivity contribution is 5.70. The molecule has 144 valence electrons. The van der Waals surface area contributed by atoms with Gasteiger partial charge in [-0.3, -0.25) is 9.89 Å². The van der Waals surface area contributed by atoms with Gasteiger partial charge in [0, 0.05) is 12.0 Å². The summed E-state index contributed by atoms with van der Waals surface area (Å²) in [5, 5.41) is 14.4. The van der Waals surface area contributed by atoms with Gasteiger partial charge in [-0.25, -0.2) is 14.9 Å². The molecule has 2 aromatic heterocycles. The second-order valence-corrected chi connectivity index (χ2v) is 6.84. The fourth-order valence-corrected chi connectivity index (χ4v) is 3.50. The zero-order valence-electron chi connectivity index (χ0n) is 15.9. The van der Waals surface area contributed by atoms with Gasteiger partial charge >= 0.3 is 5.69 Å². The molecule has 7 heteroatoms. The lowest BCUT2D eigenvalue weighted by molar-refractivity contribution is 0.833. The number of benzene rings is 2. The number of nitriles is 1. The van der Waals surface area contributed by atoms with E-state index >= 15 is 0 Å². The summed E-state index contributed by atoms with van der Waals surface area (Å²) in [5.41, 5.74) is 3.72. The van der Waals surface area contributed by atoms with Gasteiger partial charge in [0.25, 0.3) is 5.56 Å². The highest BCUT2D eigenvalue weighted by Gasteiger charge is 2.16. The maximum absolute atomic E-state index is 12.9. The fraction of sp³-hybridized carbons (Fsp3) is 0.182. The standard InChI is InChI=1S/C22H19N5O2/c1-2-5-19-18(20(28)27-21(24-19)25-26-22(27)29)12-14-8-10-15(11-9-14)17-7-4-3-6-16(17)13-23/h3-4,6-11H,2,5,12H2,1H3,(H,24,25)(H,26,29). The first-order valence-corrected chi connectivity index (χ1v) is 9.42. The van der Waals surface area contributed by atoms with Gasteiger partial charge in [0.1, 0.15) is 0 Å². The lowest BCUT2D eigenvalue weighted by atomic mass is 9.97. The third-order valence-corrected chi connectivity index (χ3v) is 4.93. The molecule has 29 heavy (non-hydrogen) atoms. The molecular formula is C22H19N5O2. The zero-order valence-corrected chi connectivity index (χ0v) is 15.9. The van der Waals surface area contributed by atoms with Crippen molar-refractivity contribution in [2.45, 2.75) is 26.2 Å². The van der Waals surface area contributed by atoms with Crippen molar-refractivity contribution in [1.82, 2.24) is 19.6 Å². The lowest BCUT2D eigenvalue weighted by Gasteiger charge is -2.09. The van der Waals surface area contributed by atoms with Crippen LogP contribution in [0.4, 0.5) is 0 Å². The van der Waals surface area contributed by atoms with Crippen molar-refractivity contribution in [3.8, 4) is 17.2 Å². The van der Waals surface area contributed by atoms with E-state index in [1.165, 1.54) is 0 Å². The summed E-state index contributed by atoms with van der Waals surface area (Å²) in [4.78, 5) is 29.3. The van der Waals surface area contributed by atoms with Gasteiger partial charge in [0.2, 0.25) is 5.78 Å². The quantitative estimate of drug-likeness (QED) is 0.551. The molecule has 2 aromatic carbocycles. The van der Waals surface area contributed by atoms with Crippen LogP contribution in [0.3, 0.4) is 0 Å². The largest absolute Gasteiger partial charge is 0.350 e. The van der Waals surface area contributed by atoms with E-state index in [0.717, 1.165) is 27.5 Å². The molecule has 4 aromatic rings. The van der Waals surface area contributed by atoms with Crippen LogP contribution in [0.25, 0.3) is 16.9 Å². The Hall–Kier alpha value is -3.92. The van der Waals surface area contributed by atoms with Gasteiger partial charge < -0.3 is 0 Å². The predicted molar refractivity (Wildman–Crippen MR) is 110 cm³/mol. The molecule has 0 saturated heterocycles. The van der Waals surface area contributed by atoms with E-state index in [9.17, 15) is 14.9 Å². The van der Waals surface area contributed by atoms with Crippen LogP contribution in [0.2, 0.25) is 0 Å². The highest BCUT2D eigenvalue weighted by atomic mass is 16.2. The molecule has 7 nitrogen and oxygen atoms in total. The summed E-state index contributed by atoms with van der Waals surface area (Å²) in [5.74, 6) is 0.232. The number of rotatable bonds is 5. The second-order valence-electron chi connectivity index (χ2n) is 6.84. The molecule has 0 bridgehead atoms. The maximum Gasteiger partial charge on any atom is 0.350 e. The third kappa shape index (κ3) is 3.36. The zero-order chi connectivity index (χ0) is 20.4. The average Bonchev–Trinajstić information content (AvgIpc) is 3.12. The van der Waals surface area contributed by atoms with E-state index in [4.69, 9.17) is 0 Å². The van der Waals surface area contributed by atoms with E-state index in [0.29, 0.717) is 29.7 Å². The van der Waals surface area contributed by atoms with Crippen molar-refractivity contribution < 1.29 is 0 Å². The second kappa shape index (κ2) is 7.60. The molecule has 0 amide bonds. The topological polar surface area (TPSA) is 107 Å². The molecule has 0 saturated carbocycles. The van der Waals surface area contributed by atoms with Crippen LogP contribution in [0.1, 0.15) is 35.7 Å². The number of aromatic amines is 2. The number of aromatic nitrogens is 4. The van der Waals surface area contributed by atoms with Crippen molar-refractivity contribution in [3.05, 3.63) is 91.8 Å². The number of aryl methyl sites for hydroxylation is 1. The van der Waals surface area contributed by atoms with E-state index in [1.807, 2.05) is 49.4 Å². The Morgan fingerprint density at radius 1 is 1.07 bits per heavy atom.